The lowest BCUT2D eigenvalue weighted by molar-refractivity contribution is -0.137. The molecule has 7 rings (SSSR count). The number of ether oxygens (including phenoxy) is 2. The highest BCUT2D eigenvalue weighted by Crippen LogP contribution is 2.46. The summed E-state index contributed by atoms with van der Waals surface area (Å²) in [4.78, 5) is 24.5. The molecule has 3 aromatic carbocycles. The average Bonchev–Trinajstić information content (AvgIpc) is 3.95. The van der Waals surface area contributed by atoms with Crippen molar-refractivity contribution < 1.29 is 35.9 Å². The normalized spacial score (nSPS) is 18.7. The van der Waals surface area contributed by atoms with Crippen LogP contribution >= 0.6 is 0 Å². The van der Waals surface area contributed by atoms with Gasteiger partial charge in [0.2, 0.25) is 0 Å². The molecule has 1 aromatic heterocycles. The van der Waals surface area contributed by atoms with E-state index >= 15 is 0 Å². The van der Waals surface area contributed by atoms with Crippen LogP contribution in [0, 0.1) is 0 Å². The van der Waals surface area contributed by atoms with Crippen molar-refractivity contribution in [2.45, 2.75) is 74.0 Å². The van der Waals surface area contributed by atoms with Gasteiger partial charge in [-0.25, -0.2) is 13.4 Å². The maximum absolute atomic E-state index is 14.9. The predicted molar refractivity (Wildman–Crippen MR) is 197 cm³/mol. The van der Waals surface area contributed by atoms with E-state index < -0.39 is 38.3 Å². The summed E-state index contributed by atoms with van der Waals surface area (Å²) in [6.45, 7) is 7.92. The van der Waals surface area contributed by atoms with E-state index in [0.717, 1.165) is 43.6 Å². The number of nitrogens with one attached hydrogen (secondary N) is 1. The number of piperidine rings is 1. The molecule has 1 amide bonds. The lowest BCUT2D eigenvalue weighted by atomic mass is 9.93. The van der Waals surface area contributed by atoms with E-state index in [1.807, 2.05) is 30.3 Å². The van der Waals surface area contributed by atoms with Crippen LogP contribution < -0.4 is 10.1 Å². The van der Waals surface area contributed by atoms with Gasteiger partial charge in [0.15, 0.2) is 9.84 Å². The summed E-state index contributed by atoms with van der Waals surface area (Å²) >= 11 is 0. The second kappa shape index (κ2) is 14.7. The average molecular weight is 751 g/mol. The number of morpholine rings is 1. The Morgan fingerprint density at radius 3 is 2.32 bits per heavy atom. The second-order valence-electron chi connectivity index (χ2n) is 14.6. The lowest BCUT2D eigenvalue weighted by Gasteiger charge is -2.40. The summed E-state index contributed by atoms with van der Waals surface area (Å²) in [5, 5.41) is 2.78. The van der Waals surface area contributed by atoms with Gasteiger partial charge in [0.05, 0.1) is 53.4 Å². The number of aromatic nitrogens is 1. The summed E-state index contributed by atoms with van der Waals surface area (Å²) in [6, 6.07) is 18.0. The Morgan fingerprint density at radius 1 is 1.00 bits per heavy atom. The zero-order valence-electron chi connectivity index (χ0n) is 30.2. The highest BCUT2D eigenvalue weighted by Gasteiger charge is 2.46. The minimum atomic E-state index is -4.61. The van der Waals surface area contributed by atoms with Crippen molar-refractivity contribution in [2.75, 3.05) is 46.5 Å². The molecule has 0 atom stereocenters. The minimum absolute atomic E-state index is 0.0425. The van der Waals surface area contributed by atoms with Gasteiger partial charge in [0.1, 0.15) is 10.6 Å². The number of nitrogens with zero attached hydrogens (tertiary/aromatic N) is 3. The predicted octanol–water partition coefficient (Wildman–Crippen LogP) is 6.83. The second-order valence-corrected chi connectivity index (χ2v) is 17.0. The number of carbonyl (C=O) groups is 1. The van der Waals surface area contributed by atoms with Crippen molar-refractivity contribution in [2.24, 2.45) is 0 Å². The Kier molecular flexibility index (Phi) is 10.3. The molecule has 0 spiro atoms. The van der Waals surface area contributed by atoms with Crippen LogP contribution in [-0.4, -0.2) is 86.9 Å². The zero-order chi connectivity index (χ0) is 37.5. The van der Waals surface area contributed by atoms with Gasteiger partial charge in [-0.1, -0.05) is 42.5 Å². The van der Waals surface area contributed by atoms with Gasteiger partial charge in [-0.3, -0.25) is 14.6 Å². The third-order valence-corrected chi connectivity index (χ3v) is 13.1. The standard InChI is InChI=1S/C40H45F3N4O5S/c1-26(2)53(49,50)35-23-31-33(24-34(35)51-3)44-37(27-8-7-11-29(22-27)40(41,42)43)32(25-46-16-12-30(13-17-46)47-18-20-52-21-19-47)36(31)38(48)45-39(14-15-39)28-9-5-4-6-10-28/h4-11,22-24,26,30H,12-21,25H2,1-3H3,(H,45,48). The molecule has 3 aliphatic rings. The largest absolute Gasteiger partial charge is 0.495 e. The summed E-state index contributed by atoms with van der Waals surface area (Å²) in [5.41, 5.74) is 0.798. The molecule has 3 heterocycles. The van der Waals surface area contributed by atoms with Gasteiger partial charge in [0, 0.05) is 48.3 Å². The molecule has 0 bridgehead atoms. The number of fused-ring (bicyclic) bond motifs is 1. The van der Waals surface area contributed by atoms with Crippen LogP contribution in [0.15, 0.2) is 71.6 Å². The molecule has 3 fully saturated rings. The number of likely N-dealkylation sites (tertiary alicyclic amines) is 1. The molecule has 1 N–H and O–H groups in total. The smallest absolute Gasteiger partial charge is 0.416 e. The third-order valence-electron chi connectivity index (χ3n) is 10.9. The molecule has 4 aromatic rings. The van der Waals surface area contributed by atoms with Crippen molar-refractivity contribution in [3.8, 4) is 17.0 Å². The molecule has 0 radical (unpaired) electrons. The minimum Gasteiger partial charge on any atom is -0.495 e. The molecule has 13 heteroatoms. The number of sulfone groups is 1. The van der Waals surface area contributed by atoms with E-state index in [4.69, 9.17) is 14.5 Å². The molecule has 2 saturated heterocycles. The first-order valence-electron chi connectivity index (χ1n) is 18.2. The van der Waals surface area contributed by atoms with Crippen LogP contribution in [0.25, 0.3) is 22.2 Å². The van der Waals surface area contributed by atoms with Gasteiger partial charge in [-0.2, -0.15) is 13.2 Å². The number of rotatable bonds is 10. The first-order chi connectivity index (χ1) is 25.3. The molecule has 0 unspecified atom stereocenters. The summed E-state index contributed by atoms with van der Waals surface area (Å²) in [7, 11) is -2.54. The van der Waals surface area contributed by atoms with Crippen LogP contribution in [0.1, 0.15) is 66.6 Å². The fourth-order valence-electron chi connectivity index (χ4n) is 7.70. The number of halogens is 3. The van der Waals surface area contributed by atoms with Gasteiger partial charge >= 0.3 is 6.18 Å². The molecule has 9 nitrogen and oxygen atoms in total. The van der Waals surface area contributed by atoms with E-state index in [1.165, 1.54) is 25.3 Å². The Labute approximate surface area is 308 Å². The van der Waals surface area contributed by atoms with Crippen LogP contribution in [0.2, 0.25) is 0 Å². The molecule has 53 heavy (non-hydrogen) atoms. The van der Waals surface area contributed by atoms with Crippen molar-refractivity contribution in [3.63, 3.8) is 0 Å². The molecular formula is C40H45F3N4O5S. The maximum Gasteiger partial charge on any atom is 0.416 e. The van der Waals surface area contributed by atoms with Crippen molar-refractivity contribution >= 4 is 26.6 Å². The van der Waals surface area contributed by atoms with E-state index in [-0.39, 0.29) is 39.5 Å². The number of alkyl halides is 3. The zero-order valence-corrected chi connectivity index (χ0v) is 31.0. The number of benzene rings is 3. The quantitative estimate of drug-likeness (QED) is 0.189. The highest BCUT2D eigenvalue weighted by molar-refractivity contribution is 7.92. The first-order valence-corrected chi connectivity index (χ1v) is 19.7. The van der Waals surface area contributed by atoms with Gasteiger partial charge in [-0.15, -0.1) is 0 Å². The van der Waals surface area contributed by atoms with Crippen LogP contribution in [0.4, 0.5) is 13.2 Å². The summed E-state index contributed by atoms with van der Waals surface area (Å²) in [6.07, 6.45) is -1.43. The van der Waals surface area contributed by atoms with E-state index in [1.54, 1.807) is 19.9 Å². The summed E-state index contributed by atoms with van der Waals surface area (Å²) < 4.78 is 80.9. The number of pyridine rings is 1. The SMILES string of the molecule is COc1cc2nc(-c3cccc(C(F)(F)F)c3)c(CN3CCC(N4CCOCC4)CC3)c(C(=O)NC3(c4ccccc4)CC3)c2cc1S(=O)(=O)C(C)C. The molecule has 1 saturated carbocycles. The summed E-state index contributed by atoms with van der Waals surface area (Å²) in [5.74, 6) is -0.399. The van der Waals surface area contributed by atoms with E-state index in [0.29, 0.717) is 56.1 Å². The molecule has 2 aliphatic heterocycles. The van der Waals surface area contributed by atoms with Crippen molar-refractivity contribution in [1.82, 2.24) is 20.1 Å². The number of methoxy groups -OCH3 is 1. The van der Waals surface area contributed by atoms with E-state index in [9.17, 15) is 26.4 Å². The highest BCUT2D eigenvalue weighted by atomic mass is 32.2. The molecule has 282 valence electrons. The van der Waals surface area contributed by atoms with E-state index in [2.05, 4.69) is 15.1 Å². The fraction of sp³-hybridized carbons (Fsp3) is 0.450. The molecule has 1 aliphatic carbocycles. The number of hydrogen-bond donors (Lipinski definition) is 1. The Bertz CT molecular complexity index is 2090. The number of amides is 1. The van der Waals surface area contributed by atoms with Crippen LogP contribution in [0.3, 0.4) is 0 Å². The fourth-order valence-corrected chi connectivity index (χ4v) is 8.91. The number of carbonyl (C=O) groups excluding carboxylic acids is 1. The van der Waals surface area contributed by atoms with Crippen LogP contribution in [0.5, 0.6) is 5.75 Å². The Hall–Kier alpha value is -4.04. The van der Waals surface area contributed by atoms with Crippen molar-refractivity contribution in [3.05, 3.63) is 89.0 Å². The molecular weight excluding hydrogens is 706 g/mol. The van der Waals surface area contributed by atoms with Crippen LogP contribution in [-0.2, 0) is 32.8 Å². The lowest BCUT2D eigenvalue weighted by Crippen LogP contribution is -2.48. The van der Waals surface area contributed by atoms with Gasteiger partial charge in [-0.05, 0) is 76.4 Å². The monoisotopic (exact) mass is 750 g/mol. The Balaban J connectivity index is 1.42. The number of hydrogen-bond acceptors (Lipinski definition) is 8. The Morgan fingerprint density at radius 2 is 1.70 bits per heavy atom. The van der Waals surface area contributed by atoms with Gasteiger partial charge in [0.25, 0.3) is 5.91 Å². The maximum atomic E-state index is 14.9. The topological polar surface area (TPSA) is 101 Å². The first kappa shape index (κ1) is 37.3. The van der Waals surface area contributed by atoms with Gasteiger partial charge < -0.3 is 14.8 Å². The van der Waals surface area contributed by atoms with Crippen molar-refractivity contribution in [1.29, 1.82) is 0 Å². The third kappa shape index (κ3) is 7.53.